The lowest BCUT2D eigenvalue weighted by atomic mass is 10.1. The van der Waals surface area contributed by atoms with E-state index >= 15 is 0 Å². The lowest BCUT2D eigenvalue weighted by molar-refractivity contribution is 0.397. The average molecular weight is 433 g/mol. The normalized spacial score (nSPS) is 11.2. The van der Waals surface area contributed by atoms with Gasteiger partial charge < -0.3 is 10.1 Å². The fourth-order valence-electron chi connectivity index (χ4n) is 2.74. The highest BCUT2D eigenvalue weighted by molar-refractivity contribution is 7.92. The van der Waals surface area contributed by atoms with Crippen molar-refractivity contribution in [3.05, 3.63) is 47.7 Å². The largest absolute Gasteiger partial charge is 0.480 e. The number of ether oxygens (including phenoxy) is 1. The molecule has 0 radical (unpaired) electrons. The van der Waals surface area contributed by atoms with Crippen LogP contribution >= 0.6 is 0 Å². The van der Waals surface area contributed by atoms with Crippen molar-refractivity contribution in [3.63, 3.8) is 0 Å². The molecule has 1 aromatic heterocycles. The van der Waals surface area contributed by atoms with Crippen LogP contribution < -0.4 is 14.8 Å². The predicted octanol–water partition coefficient (Wildman–Crippen LogP) is 3.68. The number of methoxy groups -OCH3 is 1. The Hall–Kier alpha value is -3.52. The molecule has 0 atom stereocenters. The molecule has 0 spiro atoms. The topological polar surface area (TPSA) is 117 Å². The number of benzene rings is 2. The molecule has 2 N–H and O–H groups in total. The second-order valence-electron chi connectivity index (χ2n) is 6.21. The van der Waals surface area contributed by atoms with Gasteiger partial charge in [0.15, 0.2) is 5.82 Å². The molecule has 0 saturated heterocycles. The predicted molar refractivity (Wildman–Crippen MR) is 108 cm³/mol. The first-order valence-electron chi connectivity index (χ1n) is 8.79. The maximum Gasteiger partial charge on any atom is 0.232 e. The summed E-state index contributed by atoms with van der Waals surface area (Å²) in [5.41, 5.74) is -0.387. The zero-order valence-electron chi connectivity index (χ0n) is 16.0. The molecule has 0 aliphatic heterocycles. The van der Waals surface area contributed by atoms with Crippen LogP contribution in [0.4, 0.5) is 25.8 Å². The minimum atomic E-state index is -3.78. The zero-order chi connectivity index (χ0) is 21.9. The maximum absolute atomic E-state index is 14.9. The van der Waals surface area contributed by atoms with Gasteiger partial charge in [-0.2, -0.15) is 5.26 Å². The van der Waals surface area contributed by atoms with E-state index in [0.29, 0.717) is 11.9 Å². The van der Waals surface area contributed by atoms with Crippen molar-refractivity contribution in [2.75, 3.05) is 22.9 Å². The number of hydrogen-bond acceptors (Lipinski definition) is 7. The van der Waals surface area contributed by atoms with Gasteiger partial charge in [-0.3, -0.25) is 4.72 Å². The number of nitrogens with one attached hydrogen (secondary N) is 2. The first-order chi connectivity index (χ1) is 14.3. The molecule has 0 aliphatic rings. The Morgan fingerprint density at radius 1 is 1.20 bits per heavy atom. The Morgan fingerprint density at radius 3 is 2.60 bits per heavy atom. The van der Waals surface area contributed by atoms with E-state index in [-0.39, 0.29) is 28.4 Å². The lowest BCUT2D eigenvalue weighted by Crippen LogP contribution is -2.17. The van der Waals surface area contributed by atoms with Crippen molar-refractivity contribution in [2.45, 2.75) is 13.3 Å². The fraction of sp³-hybridized carbons (Fsp3) is 0.211. The van der Waals surface area contributed by atoms with Gasteiger partial charge in [-0.25, -0.2) is 27.2 Å². The number of sulfonamides is 1. The van der Waals surface area contributed by atoms with E-state index in [1.807, 2.05) is 6.07 Å². The number of anilines is 3. The first-order valence-corrected chi connectivity index (χ1v) is 10.4. The van der Waals surface area contributed by atoms with Crippen LogP contribution in [0.25, 0.3) is 11.0 Å². The van der Waals surface area contributed by atoms with Crippen LogP contribution in [-0.4, -0.2) is 31.2 Å². The third kappa shape index (κ3) is 4.23. The summed E-state index contributed by atoms with van der Waals surface area (Å²) in [6.07, 6.45) is 1.71. The van der Waals surface area contributed by atoms with Crippen LogP contribution in [0.1, 0.15) is 18.9 Å². The number of fused-ring (bicyclic) bond motifs is 1. The van der Waals surface area contributed by atoms with Crippen LogP contribution in [0.15, 0.2) is 30.5 Å². The molecule has 0 fully saturated rings. The smallest absolute Gasteiger partial charge is 0.232 e. The van der Waals surface area contributed by atoms with E-state index in [2.05, 4.69) is 20.0 Å². The summed E-state index contributed by atoms with van der Waals surface area (Å²) in [6.45, 7) is 1.66. The van der Waals surface area contributed by atoms with Crippen molar-refractivity contribution in [1.82, 2.24) is 9.97 Å². The molecule has 156 valence electrons. The van der Waals surface area contributed by atoms with Crippen molar-refractivity contribution in [1.29, 1.82) is 5.26 Å². The highest BCUT2D eigenvalue weighted by atomic mass is 32.2. The minimum absolute atomic E-state index is 0.00494. The molecular formula is C19H17F2N5O3S. The average Bonchev–Trinajstić information content (AvgIpc) is 2.72. The van der Waals surface area contributed by atoms with Gasteiger partial charge in [0, 0.05) is 0 Å². The first kappa shape index (κ1) is 21.2. The Kier molecular flexibility index (Phi) is 5.98. The van der Waals surface area contributed by atoms with Crippen LogP contribution in [0.3, 0.4) is 0 Å². The lowest BCUT2D eigenvalue weighted by Gasteiger charge is -2.15. The number of aromatic nitrogens is 2. The second kappa shape index (κ2) is 8.46. The monoisotopic (exact) mass is 433 g/mol. The van der Waals surface area contributed by atoms with Gasteiger partial charge in [0.2, 0.25) is 15.9 Å². The van der Waals surface area contributed by atoms with Gasteiger partial charge in [-0.1, -0.05) is 6.92 Å². The van der Waals surface area contributed by atoms with Crippen LogP contribution in [0.2, 0.25) is 0 Å². The van der Waals surface area contributed by atoms with Crippen molar-refractivity contribution < 1.29 is 21.9 Å². The van der Waals surface area contributed by atoms with Gasteiger partial charge in [0.05, 0.1) is 36.0 Å². The number of halogens is 2. The van der Waals surface area contributed by atoms with E-state index in [0.717, 1.165) is 12.1 Å². The summed E-state index contributed by atoms with van der Waals surface area (Å²) in [5.74, 6) is -2.15. The molecule has 11 heteroatoms. The molecule has 3 aromatic rings. The molecule has 30 heavy (non-hydrogen) atoms. The highest BCUT2D eigenvalue weighted by Crippen LogP contribution is 2.32. The van der Waals surface area contributed by atoms with Gasteiger partial charge >= 0.3 is 0 Å². The molecule has 2 aromatic carbocycles. The maximum atomic E-state index is 14.9. The molecule has 0 aliphatic carbocycles. The Morgan fingerprint density at radius 2 is 1.93 bits per heavy atom. The number of hydrogen-bond donors (Lipinski definition) is 2. The number of nitriles is 1. The fourth-order valence-corrected chi connectivity index (χ4v) is 3.88. The van der Waals surface area contributed by atoms with Crippen LogP contribution in [-0.2, 0) is 10.0 Å². The van der Waals surface area contributed by atoms with Crippen LogP contribution in [0.5, 0.6) is 5.88 Å². The summed E-state index contributed by atoms with van der Waals surface area (Å²) >= 11 is 0. The molecule has 8 nitrogen and oxygen atoms in total. The van der Waals surface area contributed by atoms with Crippen molar-refractivity contribution in [3.8, 4) is 11.9 Å². The van der Waals surface area contributed by atoms with Crippen LogP contribution in [0, 0.1) is 23.0 Å². The number of nitrogens with zero attached hydrogens (tertiary/aromatic N) is 3. The molecule has 0 unspecified atom stereocenters. The van der Waals surface area contributed by atoms with E-state index in [9.17, 15) is 22.5 Å². The minimum Gasteiger partial charge on any atom is -0.480 e. The molecule has 3 rings (SSSR count). The zero-order valence-corrected chi connectivity index (χ0v) is 16.8. The third-order valence-electron chi connectivity index (χ3n) is 4.10. The van der Waals surface area contributed by atoms with Crippen molar-refractivity contribution >= 4 is 38.1 Å². The van der Waals surface area contributed by atoms with Crippen molar-refractivity contribution in [2.24, 2.45) is 0 Å². The SMILES string of the molecule is CCCS(=O)(=O)Nc1ccc(F)c(Nc2ccc3ncc(OC)nc3c2C#N)c1F. The highest BCUT2D eigenvalue weighted by Gasteiger charge is 2.20. The second-order valence-corrected chi connectivity index (χ2v) is 8.05. The Balaban J connectivity index is 2.07. The molecular weight excluding hydrogens is 416 g/mol. The third-order valence-corrected chi connectivity index (χ3v) is 5.58. The Labute approximate surface area is 171 Å². The summed E-state index contributed by atoms with van der Waals surface area (Å²) < 4.78 is 60.3. The summed E-state index contributed by atoms with van der Waals surface area (Å²) in [4.78, 5) is 8.30. The molecule has 0 saturated carbocycles. The summed E-state index contributed by atoms with van der Waals surface area (Å²) in [7, 11) is -2.40. The van der Waals surface area contributed by atoms with Gasteiger partial charge in [-0.05, 0) is 30.7 Å². The van der Waals surface area contributed by atoms with Gasteiger partial charge in [-0.15, -0.1) is 0 Å². The van der Waals surface area contributed by atoms with E-state index in [1.165, 1.54) is 25.4 Å². The standard InChI is InChI=1S/C19H17F2N5O3S/c1-3-8-30(27,28)26-14-5-4-12(20)19(17(14)21)24-13-6-7-15-18(11(13)9-22)25-16(29-2)10-23-15/h4-7,10,24,26H,3,8H2,1-2H3. The quantitative estimate of drug-likeness (QED) is 0.584. The summed E-state index contributed by atoms with van der Waals surface area (Å²) in [5, 5.41) is 12.1. The molecule has 0 bridgehead atoms. The van der Waals surface area contributed by atoms with E-state index in [4.69, 9.17) is 4.74 Å². The van der Waals surface area contributed by atoms with Gasteiger partial charge in [0.1, 0.15) is 28.7 Å². The summed E-state index contributed by atoms with van der Waals surface area (Å²) in [6, 6.07) is 6.80. The Bertz CT molecular complexity index is 1260. The molecule has 0 amide bonds. The number of rotatable bonds is 7. The van der Waals surface area contributed by atoms with E-state index in [1.54, 1.807) is 6.92 Å². The van der Waals surface area contributed by atoms with Gasteiger partial charge in [0.25, 0.3) is 0 Å². The van der Waals surface area contributed by atoms with E-state index < -0.39 is 33.0 Å². The molecule has 1 heterocycles.